The normalized spacial score (nSPS) is 11.5. The van der Waals surface area contributed by atoms with Crippen LogP contribution < -0.4 is 21.1 Å². The molecule has 0 aliphatic rings. The van der Waals surface area contributed by atoms with E-state index in [2.05, 4.69) is 20.9 Å². The summed E-state index contributed by atoms with van der Waals surface area (Å²) in [5, 5.41) is 14.3. The Morgan fingerprint density at radius 2 is 1.73 bits per heavy atom. The highest BCUT2D eigenvalue weighted by molar-refractivity contribution is 14.0. The number of carbonyl (C=O) groups excluding carboxylic acids is 1. The van der Waals surface area contributed by atoms with Crippen molar-refractivity contribution in [2.45, 2.75) is 31.2 Å². The van der Waals surface area contributed by atoms with Crippen molar-refractivity contribution in [1.82, 2.24) is 16.0 Å². The standard InChI is InChI=1S/C19H27N5O4S.HI/c1-15(25)21-10-3-11-22-19(23-12-9-17-4-2-13-28-17)24-14-16-5-7-18(8-6-16)29(20,26)27;/h2,4-8,13H,3,9-12,14H2,1H3,(H,21,25)(H2,20,26,27)(H2,22,23,24);1H. The summed E-state index contributed by atoms with van der Waals surface area (Å²) in [5.41, 5.74) is 0.850. The second kappa shape index (κ2) is 13.2. The highest BCUT2D eigenvalue weighted by Crippen LogP contribution is 2.09. The zero-order valence-electron chi connectivity index (χ0n) is 16.8. The van der Waals surface area contributed by atoms with Gasteiger partial charge in [0.2, 0.25) is 15.9 Å². The van der Waals surface area contributed by atoms with Crippen LogP contribution in [0.15, 0.2) is 57.0 Å². The topological polar surface area (TPSA) is 139 Å². The van der Waals surface area contributed by atoms with Crippen LogP contribution in [0, 0.1) is 0 Å². The molecule has 1 heterocycles. The number of rotatable bonds is 10. The van der Waals surface area contributed by atoms with Crippen LogP contribution in [0.2, 0.25) is 0 Å². The Labute approximate surface area is 194 Å². The Morgan fingerprint density at radius 3 is 2.33 bits per heavy atom. The summed E-state index contributed by atoms with van der Waals surface area (Å²) in [6, 6.07) is 10.0. The first-order valence-corrected chi connectivity index (χ1v) is 10.8. The van der Waals surface area contributed by atoms with E-state index < -0.39 is 10.0 Å². The van der Waals surface area contributed by atoms with E-state index in [-0.39, 0.29) is 34.8 Å². The number of furan rings is 1. The Bertz CT molecular complexity index is 900. The first-order chi connectivity index (χ1) is 13.8. The van der Waals surface area contributed by atoms with E-state index in [4.69, 9.17) is 9.56 Å². The van der Waals surface area contributed by atoms with Crippen molar-refractivity contribution < 1.29 is 17.6 Å². The molecule has 166 valence electrons. The van der Waals surface area contributed by atoms with E-state index >= 15 is 0 Å². The molecule has 0 bridgehead atoms. The number of halogens is 1. The van der Waals surface area contributed by atoms with Crippen LogP contribution in [-0.2, 0) is 27.8 Å². The van der Waals surface area contributed by atoms with E-state index in [1.807, 2.05) is 12.1 Å². The molecule has 1 aromatic carbocycles. The second-order valence-electron chi connectivity index (χ2n) is 6.37. The molecule has 2 aromatic rings. The van der Waals surface area contributed by atoms with Gasteiger partial charge in [0.15, 0.2) is 5.96 Å². The number of aliphatic imine (C=N–C) groups is 1. The highest BCUT2D eigenvalue weighted by Gasteiger charge is 2.07. The fourth-order valence-corrected chi connectivity index (χ4v) is 2.96. The number of primary sulfonamides is 1. The van der Waals surface area contributed by atoms with Crippen LogP contribution in [0.5, 0.6) is 0 Å². The fourth-order valence-electron chi connectivity index (χ4n) is 2.45. The molecular formula is C19H28IN5O4S. The Balaban J connectivity index is 0.00000450. The van der Waals surface area contributed by atoms with Crippen molar-refractivity contribution in [3.63, 3.8) is 0 Å². The summed E-state index contributed by atoms with van der Waals surface area (Å²) in [5.74, 6) is 1.44. The fraction of sp³-hybridized carbons (Fsp3) is 0.368. The molecule has 5 N–H and O–H groups in total. The maximum atomic E-state index is 11.3. The molecule has 11 heteroatoms. The molecule has 2 rings (SSSR count). The van der Waals surface area contributed by atoms with Crippen LogP contribution in [0.1, 0.15) is 24.7 Å². The van der Waals surface area contributed by atoms with Gasteiger partial charge < -0.3 is 20.4 Å². The predicted molar refractivity (Wildman–Crippen MR) is 126 cm³/mol. The minimum absolute atomic E-state index is 0. The third-order valence-corrected chi connectivity index (χ3v) is 4.86. The summed E-state index contributed by atoms with van der Waals surface area (Å²) >= 11 is 0. The zero-order valence-corrected chi connectivity index (χ0v) is 19.9. The average molecular weight is 549 g/mol. The number of nitrogens with one attached hydrogen (secondary N) is 3. The summed E-state index contributed by atoms with van der Waals surface area (Å²) < 4.78 is 28.0. The van der Waals surface area contributed by atoms with Gasteiger partial charge in [-0.25, -0.2) is 18.5 Å². The van der Waals surface area contributed by atoms with E-state index in [1.165, 1.54) is 19.1 Å². The molecular weight excluding hydrogens is 521 g/mol. The summed E-state index contributed by atoms with van der Waals surface area (Å²) in [6.45, 7) is 3.70. The van der Waals surface area contributed by atoms with Crippen molar-refractivity contribution in [1.29, 1.82) is 0 Å². The van der Waals surface area contributed by atoms with E-state index in [0.29, 0.717) is 38.6 Å². The zero-order chi connectivity index (χ0) is 21.1. The van der Waals surface area contributed by atoms with Gasteiger partial charge in [0.25, 0.3) is 0 Å². The van der Waals surface area contributed by atoms with Gasteiger partial charge in [-0.15, -0.1) is 24.0 Å². The predicted octanol–water partition coefficient (Wildman–Crippen LogP) is 1.35. The van der Waals surface area contributed by atoms with Crippen LogP contribution in [0.3, 0.4) is 0 Å². The van der Waals surface area contributed by atoms with Crippen molar-refractivity contribution in [2.24, 2.45) is 10.1 Å². The smallest absolute Gasteiger partial charge is 0.238 e. The quantitative estimate of drug-likeness (QED) is 0.153. The summed E-state index contributed by atoms with van der Waals surface area (Å²) in [6.07, 6.45) is 3.10. The van der Waals surface area contributed by atoms with Crippen LogP contribution in [0.25, 0.3) is 0 Å². The maximum Gasteiger partial charge on any atom is 0.238 e. The van der Waals surface area contributed by atoms with Crippen LogP contribution in [0.4, 0.5) is 0 Å². The number of hydrogen-bond acceptors (Lipinski definition) is 5. The molecule has 0 fully saturated rings. The van der Waals surface area contributed by atoms with Crippen molar-refractivity contribution in [3.05, 3.63) is 54.0 Å². The highest BCUT2D eigenvalue weighted by atomic mass is 127. The Hall–Kier alpha value is -2.12. The minimum Gasteiger partial charge on any atom is -0.469 e. The van der Waals surface area contributed by atoms with Crippen LogP contribution >= 0.6 is 24.0 Å². The monoisotopic (exact) mass is 549 g/mol. The first-order valence-electron chi connectivity index (χ1n) is 9.25. The number of hydrogen-bond donors (Lipinski definition) is 4. The summed E-state index contributed by atoms with van der Waals surface area (Å²) in [7, 11) is -3.71. The van der Waals surface area contributed by atoms with Gasteiger partial charge in [-0.05, 0) is 36.2 Å². The number of sulfonamides is 1. The lowest BCUT2D eigenvalue weighted by Gasteiger charge is -2.12. The molecule has 0 aliphatic carbocycles. The first kappa shape index (κ1) is 25.9. The molecule has 0 atom stereocenters. The van der Waals surface area contributed by atoms with Gasteiger partial charge in [-0.3, -0.25) is 4.79 Å². The molecule has 0 radical (unpaired) electrons. The molecule has 1 aromatic heterocycles. The van der Waals surface area contributed by atoms with Gasteiger partial charge in [-0.2, -0.15) is 0 Å². The molecule has 0 unspecified atom stereocenters. The second-order valence-corrected chi connectivity index (χ2v) is 7.93. The molecule has 1 amide bonds. The Kier molecular flexibility index (Phi) is 11.4. The largest absolute Gasteiger partial charge is 0.469 e. The van der Waals surface area contributed by atoms with E-state index in [0.717, 1.165) is 17.7 Å². The number of benzene rings is 1. The number of nitrogens with two attached hydrogens (primary N) is 1. The van der Waals surface area contributed by atoms with Gasteiger partial charge in [-0.1, -0.05) is 12.1 Å². The molecule has 0 aliphatic heterocycles. The molecule has 0 saturated heterocycles. The number of nitrogens with zero attached hydrogens (tertiary/aromatic N) is 1. The van der Waals surface area contributed by atoms with Gasteiger partial charge >= 0.3 is 0 Å². The molecule has 0 saturated carbocycles. The third-order valence-electron chi connectivity index (χ3n) is 3.94. The van der Waals surface area contributed by atoms with Gasteiger partial charge in [0, 0.05) is 33.0 Å². The lowest BCUT2D eigenvalue weighted by molar-refractivity contribution is -0.118. The lowest BCUT2D eigenvalue weighted by atomic mass is 10.2. The van der Waals surface area contributed by atoms with E-state index in [9.17, 15) is 13.2 Å². The number of amides is 1. The average Bonchev–Trinajstić information content (AvgIpc) is 3.18. The van der Waals surface area contributed by atoms with Crippen molar-refractivity contribution >= 4 is 45.9 Å². The number of carbonyl (C=O) groups is 1. The lowest BCUT2D eigenvalue weighted by Crippen LogP contribution is -2.39. The van der Waals surface area contributed by atoms with E-state index in [1.54, 1.807) is 18.4 Å². The number of guanidine groups is 1. The molecule has 30 heavy (non-hydrogen) atoms. The Morgan fingerprint density at radius 1 is 1.07 bits per heavy atom. The van der Waals surface area contributed by atoms with Crippen molar-refractivity contribution in [2.75, 3.05) is 19.6 Å². The SMILES string of the molecule is CC(=O)NCCCNC(=NCc1ccc(S(N)(=O)=O)cc1)NCCc1ccco1.I. The van der Waals surface area contributed by atoms with Gasteiger partial charge in [0.1, 0.15) is 5.76 Å². The third kappa shape index (κ3) is 10.1. The summed E-state index contributed by atoms with van der Waals surface area (Å²) in [4.78, 5) is 15.5. The molecule has 9 nitrogen and oxygen atoms in total. The molecule has 0 spiro atoms. The van der Waals surface area contributed by atoms with Crippen LogP contribution in [-0.4, -0.2) is 39.9 Å². The minimum atomic E-state index is -3.71. The van der Waals surface area contributed by atoms with Crippen molar-refractivity contribution in [3.8, 4) is 0 Å². The van der Waals surface area contributed by atoms with Gasteiger partial charge in [0.05, 0.1) is 17.7 Å². The maximum absolute atomic E-state index is 11.3.